The van der Waals surface area contributed by atoms with E-state index < -0.39 is 0 Å². The van der Waals surface area contributed by atoms with Crippen molar-refractivity contribution >= 4 is 0 Å². The molecule has 0 bridgehead atoms. The maximum Gasteiger partial charge on any atom is 0.169 e. The fourth-order valence-corrected chi connectivity index (χ4v) is 0.946. The number of rotatable bonds is 6. The summed E-state index contributed by atoms with van der Waals surface area (Å²) in [6.45, 7) is 8.46. The number of nitrogens with one attached hydrogen (secondary N) is 1. The molecule has 80 valence electrons. The largest absolute Gasteiger partial charge is 0.355 e. The van der Waals surface area contributed by atoms with Gasteiger partial charge in [0, 0.05) is 20.8 Å². The van der Waals surface area contributed by atoms with Gasteiger partial charge in [0.1, 0.15) is 0 Å². The molecular weight excluding hydrogens is 166 g/mol. The van der Waals surface area contributed by atoms with E-state index in [2.05, 4.69) is 26.1 Å². The van der Waals surface area contributed by atoms with Crippen LogP contribution in [0.3, 0.4) is 0 Å². The van der Waals surface area contributed by atoms with Crippen molar-refractivity contribution in [1.82, 2.24) is 5.32 Å². The van der Waals surface area contributed by atoms with Gasteiger partial charge in [-0.15, -0.1) is 0 Å². The summed E-state index contributed by atoms with van der Waals surface area (Å²) < 4.78 is 10.1. The molecule has 0 heterocycles. The maximum absolute atomic E-state index is 5.05. The second-order valence-electron chi connectivity index (χ2n) is 4.42. The number of methoxy groups -OCH3 is 2. The van der Waals surface area contributed by atoms with Crippen molar-refractivity contribution in [3.8, 4) is 0 Å². The molecule has 3 nitrogen and oxygen atoms in total. The third-order valence-electron chi connectivity index (χ3n) is 1.89. The van der Waals surface area contributed by atoms with Crippen molar-refractivity contribution in [3.63, 3.8) is 0 Å². The molecule has 13 heavy (non-hydrogen) atoms. The van der Waals surface area contributed by atoms with Crippen molar-refractivity contribution in [2.75, 3.05) is 27.3 Å². The van der Waals surface area contributed by atoms with E-state index in [-0.39, 0.29) is 6.29 Å². The van der Waals surface area contributed by atoms with E-state index in [1.54, 1.807) is 14.2 Å². The van der Waals surface area contributed by atoms with Crippen LogP contribution in [0.4, 0.5) is 0 Å². The molecule has 0 aromatic rings. The highest BCUT2D eigenvalue weighted by Crippen LogP contribution is 2.16. The third-order valence-corrected chi connectivity index (χ3v) is 1.89. The highest BCUT2D eigenvalue weighted by Gasteiger charge is 2.09. The summed E-state index contributed by atoms with van der Waals surface area (Å²) in [6.07, 6.45) is 1.03. The number of hydrogen-bond donors (Lipinski definition) is 1. The highest BCUT2D eigenvalue weighted by atomic mass is 16.7. The summed E-state index contributed by atoms with van der Waals surface area (Å²) in [6, 6.07) is 0. The molecular formula is C10H23NO2. The Hall–Kier alpha value is -0.120. The van der Waals surface area contributed by atoms with E-state index >= 15 is 0 Å². The minimum Gasteiger partial charge on any atom is -0.355 e. The fraction of sp³-hybridized carbons (Fsp3) is 1.00. The zero-order chi connectivity index (χ0) is 10.3. The van der Waals surface area contributed by atoms with Gasteiger partial charge in [-0.2, -0.15) is 0 Å². The second-order valence-corrected chi connectivity index (χ2v) is 4.42. The van der Waals surface area contributed by atoms with Gasteiger partial charge in [-0.25, -0.2) is 0 Å². The summed E-state index contributed by atoms with van der Waals surface area (Å²) in [5.41, 5.74) is 0.392. The van der Waals surface area contributed by atoms with Crippen molar-refractivity contribution in [3.05, 3.63) is 0 Å². The lowest BCUT2D eigenvalue weighted by Gasteiger charge is -2.19. The van der Waals surface area contributed by atoms with Crippen molar-refractivity contribution in [1.29, 1.82) is 0 Å². The summed E-state index contributed by atoms with van der Waals surface area (Å²) in [4.78, 5) is 0. The van der Waals surface area contributed by atoms with Gasteiger partial charge < -0.3 is 14.8 Å². The summed E-state index contributed by atoms with van der Waals surface area (Å²) in [5.74, 6) is 0. The molecule has 0 radical (unpaired) electrons. The van der Waals surface area contributed by atoms with E-state index in [0.29, 0.717) is 5.41 Å². The van der Waals surface area contributed by atoms with Crippen LogP contribution in [0.1, 0.15) is 27.2 Å². The van der Waals surface area contributed by atoms with Crippen LogP contribution in [0.2, 0.25) is 0 Å². The maximum atomic E-state index is 5.05. The Kier molecular flexibility index (Phi) is 6.29. The quantitative estimate of drug-likeness (QED) is 0.509. The van der Waals surface area contributed by atoms with Gasteiger partial charge in [0.2, 0.25) is 0 Å². The van der Waals surface area contributed by atoms with Crippen LogP contribution >= 0.6 is 0 Å². The molecule has 0 saturated carbocycles. The molecule has 0 aromatic carbocycles. The first-order valence-electron chi connectivity index (χ1n) is 4.76. The minimum absolute atomic E-state index is 0.125. The molecule has 3 heteroatoms. The lowest BCUT2D eigenvalue weighted by Crippen LogP contribution is -2.31. The van der Waals surface area contributed by atoms with Gasteiger partial charge in [0.05, 0.1) is 0 Å². The molecule has 1 N–H and O–H groups in total. The summed E-state index contributed by atoms with van der Waals surface area (Å²) in [7, 11) is 3.30. The Bertz CT molecular complexity index is 117. The van der Waals surface area contributed by atoms with E-state index in [4.69, 9.17) is 9.47 Å². The fourth-order valence-electron chi connectivity index (χ4n) is 0.946. The van der Waals surface area contributed by atoms with E-state index in [1.165, 1.54) is 0 Å². The first kappa shape index (κ1) is 12.9. The highest BCUT2D eigenvalue weighted by molar-refractivity contribution is 4.63. The zero-order valence-electron chi connectivity index (χ0n) is 9.52. The molecule has 0 unspecified atom stereocenters. The molecule has 0 aliphatic heterocycles. The number of hydrogen-bond acceptors (Lipinski definition) is 3. The van der Waals surface area contributed by atoms with Crippen molar-refractivity contribution in [2.24, 2.45) is 5.41 Å². The van der Waals surface area contributed by atoms with Crippen LogP contribution in [0.15, 0.2) is 0 Å². The third kappa shape index (κ3) is 8.22. The summed E-state index contributed by atoms with van der Waals surface area (Å²) in [5, 5.41) is 3.29. The van der Waals surface area contributed by atoms with Crippen LogP contribution in [-0.4, -0.2) is 33.6 Å². The van der Waals surface area contributed by atoms with Crippen LogP contribution in [0.5, 0.6) is 0 Å². The minimum atomic E-state index is -0.125. The van der Waals surface area contributed by atoms with E-state index in [9.17, 15) is 0 Å². The normalized spacial score (nSPS) is 12.5. The predicted molar refractivity (Wildman–Crippen MR) is 54.7 cm³/mol. The van der Waals surface area contributed by atoms with Gasteiger partial charge in [0.25, 0.3) is 0 Å². The van der Waals surface area contributed by atoms with Crippen molar-refractivity contribution < 1.29 is 9.47 Å². The van der Waals surface area contributed by atoms with Crippen molar-refractivity contribution in [2.45, 2.75) is 33.5 Å². The van der Waals surface area contributed by atoms with E-state index in [1.807, 2.05) is 0 Å². The van der Waals surface area contributed by atoms with Crippen LogP contribution in [-0.2, 0) is 9.47 Å². The molecule has 0 aliphatic carbocycles. The Morgan fingerprint density at radius 2 is 1.69 bits per heavy atom. The Morgan fingerprint density at radius 3 is 2.08 bits per heavy atom. The van der Waals surface area contributed by atoms with Crippen LogP contribution in [0, 0.1) is 5.41 Å². The second kappa shape index (κ2) is 6.35. The average molecular weight is 189 g/mol. The molecule has 0 atom stereocenters. The molecule has 0 saturated heterocycles. The van der Waals surface area contributed by atoms with Gasteiger partial charge in [-0.1, -0.05) is 20.8 Å². The molecule has 0 fully saturated rings. The molecule has 0 spiro atoms. The summed E-state index contributed by atoms with van der Waals surface area (Å²) >= 11 is 0. The van der Waals surface area contributed by atoms with Gasteiger partial charge in [-0.3, -0.25) is 0 Å². The number of ether oxygens (including phenoxy) is 2. The molecule has 0 rings (SSSR count). The van der Waals surface area contributed by atoms with E-state index in [0.717, 1.165) is 19.5 Å². The Labute approximate surface area is 81.8 Å². The SMILES string of the molecule is COC(CNCCC(C)(C)C)OC. The Morgan fingerprint density at radius 1 is 1.15 bits per heavy atom. The van der Waals surface area contributed by atoms with Crippen LogP contribution in [0.25, 0.3) is 0 Å². The molecule has 0 aliphatic rings. The van der Waals surface area contributed by atoms with Gasteiger partial charge in [0.15, 0.2) is 6.29 Å². The smallest absolute Gasteiger partial charge is 0.169 e. The lowest BCUT2D eigenvalue weighted by atomic mass is 9.92. The molecule has 0 aromatic heterocycles. The van der Waals surface area contributed by atoms with Crippen LogP contribution < -0.4 is 5.32 Å². The van der Waals surface area contributed by atoms with Gasteiger partial charge in [-0.05, 0) is 18.4 Å². The Balaban J connectivity index is 3.34. The predicted octanol–water partition coefficient (Wildman–Crippen LogP) is 1.63. The molecule has 0 amide bonds. The topological polar surface area (TPSA) is 30.5 Å². The standard InChI is InChI=1S/C10H23NO2/c1-10(2,3)6-7-11-8-9(12-4)13-5/h9,11H,6-8H2,1-5H3. The van der Waals surface area contributed by atoms with Gasteiger partial charge >= 0.3 is 0 Å². The first-order valence-corrected chi connectivity index (χ1v) is 4.76. The monoisotopic (exact) mass is 189 g/mol. The first-order chi connectivity index (χ1) is 5.99. The zero-order valence-corrected chi connectivity index (χ0v) is 9.52. The lowest BCUT2D eigenvalue weighted by molar-refractivity contribution is -0.0988. The average Bonchev–Trinajstić information content (AvgIpc) is 2.03.